The minimum absolute atomic E-state index is 0.0826. The van der Waals surface area contributed by atoms with Crippen molar-refractivity contribution >= 4 is 5.97 Å². The van der Waals surface area contributed by atoms with E-state index in [1.165, 1.54) is 11.1 Å². The highest BCUT2D eigenvalue weighted by atomic mass is 16.7. The molecule has 7 heteroatoms. The van der Waals surface area contributed by atoms with Crippen LogP contribution in [0.5, 0.6) is 11.5 Å². The quantitative estimate of drug-likeness (QED) is 0.621. The van der Waals surface area contributed by atoms with Crippen LogP contribution in [0.3, 0.4) is 0 Å². The predicted molar refractivity (Wildman–Crippen MR) is 108 cm³/mol. The second-order valence-corrected chi connectivity index (χ2v) is 7.99. The van der Waals surface area contributed by atoms with Crippen LogP contribution in [-0.2, 0) is 6.54 Å². The molecule has 0 saturated carbocycles. The number of ether oxygens (including phenoxy) is 2. The maximum atomic E-state index is 10.5. The summed E-state index contributed by atoms with van der Waals surface area (Å²) in [4.78, 5) is 12.6. The first-order valence-corrected chi connectivity index (χ1v) is 10.0. The molecule has 1 saturated heterocycles. The Kier molecular flexibility index (Phi) is 4.73. The van der Waals surface area contributed by atoms with Gasteiger partial charge in [-0.1, -0.05) is 29.8 Å². The van der Waals surface area contributed by atoms with E-state index in [-0.39, 0.29) is 18.8 Å². The zero-order valence-corrected chi connectivity index (χ0v) is 16.3. The third-order valence-electron chi connectivity index (χ3n) is 6.29. The number of aliphatic hydroxyl groups is 2. The lowest BCUT2D eigenvalue weighted by atomic mass is 9.73. The Balaban J connectivity index is 0.000000182. The fourth-order valence-corrected chi connectivity index (χ4v) is 4.93. The topological polar surface area (TPSA) is 99.5 Å². The van der Waals surface area contributed by atoms with Crippen LogP contribution in [0.2, 0.25) is 0 Å². The summed E-state index contributed by atoms with van der Waals surface area (Å²) in [5.74, 6) is 0.572. The number of hydrogen-bond donors (Lipinski definition) is 3. The lowest BCUT2D eigenvalue weighted by Gasteiger charge is -2.44. The normalized spacial score (nSPS) is 28.0. The highest BCUT2D eigenvalue weighted by Gasteiger charge is 2.48. The Hall–Kier alpha value is -2.87. The van der Waals surface area contributed by atoms with Crippen LogP contribution in [-0.4, -0.2) is 57.8 Å². The lowest BCUT2D eigenvalue weighted by Crippen LogP contribution is -2.49. The van der Waals surface area contributed by atoms with Crippen LogP contribution in [0.25, 0.3) is 0 Å². The molecule has 3 heterocycles. The molecule has 1 aliphatic carbocycles. The summed E-state index contributed by atoms with van der Waals surface area (Å²) in [7, 11) is 0. The van der Waals surface area contributed by atoms with Crippen LogP contribution < -0.4 is 9.47 Å². The fraction of sp³-hybridized carbons (Fsp3) is 0.348. The SMILES string of the molecule is O=C(O)c1ccccc1.O[C@H]1[C@H]2c3cc4c(cc3CN3CCC(=C[C@@H]1O)[C@H]23)OCO4. The minimum Gasteiger partial charge on any atom is -0.478 e. The first-order chi connectivity index (χ1) is 14.5. The smallest absolute Gasteiger partial charge is 0.335 e. The zero-order chi connectivity index (χ0) is 20.8. The van der Waals surface area contributed by atoms with Gasteiger partial charge in [0.1, 0.15) is 0 Å². The van der Waals surface area contributed by atoms with Crippen LogP contribution in [0, 0.1) is 0 Å². The number of aromatic carboxylic acids is 1. The first-order valence-electron chi connectivity index (χ1n) is 10.0. The van der Waals surface area contributed by atoms with Gasteiger partial charge in [0.25, 0.3) is 0 Å². The third-order valence-corrected chi connectivity index (χ3v) is 6.29. The van der Waals surface area contributed by atoms with Crippen molar-refractivity contribution in [2.75, 3.05) is 13.3 Å². The molecule has 4 aliphatic rings. The van der Waals surface area contributed by atoms with Gasteiger partial charge in [-0.2, -0.15) is 0 Å². The van der Waals surface area contributed by atoms with Crippen LogP contribution >= 0.6 is 0 Å². The van der Waals surface area contributed by atoms with Gasteiger partial charge in [-0.25, -0.2) is 4.79 Å². The number of carboxylic acids is 1. The summed E-state index contributed by atoms with van der Waals surface area (Å²) in [6, 6.07) is 12.5. The van der Waals surface area contributed by atoms with Crippen molar-refractivity contribution in [3.8, 4) is 11.5 Å². The Labute approximate surface area is 173 Å². The monoisotopic (exact) mass is 409 g/mol. The number of fused-ring (bicyclic) bond motifs is 3. The summed E-state index contributed by atoms with van der Waals surface area (Å²) in [6.07, 6.45) is 1.28. The molecule has 6 rings (SSSR count). The maximum Gasteiger partial charge on any atom is 0.335 e. The van der Waals surface area contributed by atoms with Crippen LogP contribution in [0.4, 0.5) is 0 Å². The molecule has 0 bridgehead atoms. The van der Waals surface area contributed by atoms with Crippen molar-refractivity contribution in [3.63, 3.8) is 0 Å². The second kappa shape index (κ2) is 7.43. The summed E-state index contributed by atoms with van der Waals surface area (Å²) in [5, 5.41) is 29.1. The van der Waals surface area contributed by atoms with Gasteiger partial charge in [0.05, 0.1) is 17.8 Å². The molecule has 156 valence electrons. The van der Waals surface area contributed by atoms with Gasteiger partial charge in [-0.3, -0.25) is 4.90 Å². The first kappa shape index (κ1) is 19.1. The molecule has 0 radical (unpaired) electrons. The van der Waals surface area contributed by atoms with Crippen molar-refractivity contribution in [2.24, 2.45) is 0 Å². The number of hydrogen-bond acceptors (Lipinski definition) is 6. The molecule has 3 aliphatic heterocycles. The molecular formula is C23H23NO6. The number of nitrogens with zero attached hydrogens (tertiary/aromatic N) is 1. The van der Waals surface area contributed by atoms with E-state index in [0.29, 0.717) is 5.56 Å². The van der Waals surface area contributed by atoms with E-state index in [0.717, 1.165) is 36.6 Å². The van der Waals surface area contributed by atoms with E-state index in [1.807, 2.05) is 18.2 Å². The van der Waals surface area contributed by atoms with Gasteiger partial charge in [-0.05, 0) is 41.8 Å². The van der Waals surface area contributed by atoms with Crippen molar-refractivity contribution in [2.45, 2.75) is 37.1 Å². The van der Waals surface area contributed by atoms with Gasteiger partial charge >= 0.3 is 5.97 Å². The molecule has 0 unspecified atom stereocenters. The molecule has 0 spiro atoms. The average molecular weight is 409 g/mol. The predicted octanol–water partition coefficient (Wildman–Crippen LogP) is 2.13. The molecule has 4 atom stereocenters. The van der Waals surface area contributed by atoms with E-state index in [1.54, 1.807) is 30.3 Å². The zero-order valence-electron chi connectivity index (χ0n) is 16.3. The number of carboxylic acid groups (broad SMARTS) is 1. The number of carbonyl (C=O) groups is 1. The molecule has 7 nitrogen and oxygen atoms in total. The summed E-state index contributed by atoms with van der Waals surface area (Å²) in [5.41, 5.74) is 3.87. The highest BCUT2D eigenvalue weighted by Crippen LogP contribution is 2.49. The van der Waals surface area contributed by atoms with E-state index in [4.69, 9.17) is 14.6 Å². The van der Waals surface area contributed by atoms with Gasteiger partial charge in [-0.15, -0.1) is 0 Å². The van der Waals surface area contributed by atoms with Crippen molar-refractivity contribution < 1.29 is 29.6 Å². The molecule has 3 N–H and O–H groups in total. The molecule has 2 aromatic carbocycles. The third kappa shape index (κ3) is 3.15. The molecule has 0 aromatic heterocycles. The van der Waals surface area contributed by atoms with Crippen molar-refractivity contribution in [3.05, 3.63) is 70.8 Å². The number of benzene rings is 2. The Bertz CT molecular complexity index is 1000. The molecular weight excluding hydrogens is 386 g/mol. The number of rotatable bonds is 1. The van der Waals surface area contributed by atoms with Gasteiger partial charge < -0.3 is 24.8 Å². The maximum absolute atomic E-state index is 10.5. The Morgan fingerprint density at radius 1 is 1.07 bits per heavy atom. The van der Waals surface area contributed by atoms with E-state index < -0.39 is 18.2 Å². The van der Waals surface area contributed by atoms with Crippen molar-refractivity contribution in [1.82, 2.24) is 4.90 Å². The van der Waals surface area contributed by atoms with Gasteiger partial charge in [0, 0.05) is 25.0 Å². The van der Waals surface area contributed by atoms with Crippen LogP contribution in [0.15, 0.2) is 54.1 Å². The highest BCUT2D eigenvalue weighted by molar-refractivity contribution is 5.87. The minimum atomic E-state index is -0.879. The van der Waals surface area contributed by atoms with Crippen molar-refractivity contribution in [1.29, 1.82) is 0 Å². The lowest BCUT2D eigenvalue weighted by molar-refractivity contribution is -0.00157. The Morgan fingerprint density at radius 3 is 2.50 bits per heavy atom. The second-order valence-electron chi connectivity index (χ2n) is 7.99. The number of aliphatic hydroxyl groups excluding tert-OH is 2. The molecule has 0 amide bonds. The van der Waals surface area contributed by atoms with E-state index >= 15 is 0 Å². The summed E-state index contributed by atoms with van der Waals surface area (Å²) < 4.78 is 10.9. The van der Waals surface area contributed by atoms with E-state index in [9.17, 15) is 15.0 Å². The molecule has 2 aromatic rings. The largest absolute Gasteiger partial charge is 0.478 e. The van der Waals surface area contributed by atoms with E-state index in [2.05, 4.69) is 4.90 Å². The summed E-state index contributed by atoms with van der Waals surface area (Å²) >= 11 is 0. The summed E-state index contributed by atoms with van der Waals surface area (Å²) in [6.45, 7) is 2.11. The Morgan fingerprint density at radius 2 is 1.80 bits per heavy atom. The van der Waals surface area contributed by atoms with Crippen LogP contribution in [0.1, 0.15) is 33.8 Å². The molecule has 30 heavy (non-hydrogen) atoms. The fourth-order valence-electron chi connectivity index (χ4n) is 4.93. The molecule has 1 fully saturated rings. The average Bonchev–Trinajstić information content (AvgIpc) is 3.37. The standard InChI is InChI=1S/C16H17NO4.C7H6O2/c18-11-3-8-1-2-17-6-9-4-12-13(21-7-20-12)5-10(9)14(15(8)17)16(11)19;8-7(9)6-4-2-1-3-5-6/h3-5,11,14-16,18-19H,1-2,6-7H2;1-5H,(H,8,9)/t11-,14-,15+,16+;/m0./s1. The van der Waals surface area contributed by atoms with Gasteiger partial charge in [0.2, 0.25) is 6.79 Å². The van der Waals surface area contributed by atoms with Gasteiger partial charge in [0.15, 0.2) is 11.5 Å².